The van der Waals surface area contributed by atoms with Crippen molar-refractivity contribution in [2.45, 2.75) is 6.92 Å². The SMILES string of the molecule is CC=CNCCOCCO.NN. The van der Waals surface area contributed by atoms with Gasteiger partial charge in [0.2, 0.25) is 0 Å². The quantitative estimate of drug-likeness (QED) is 0.236. The van der Waals surface area contributed by atoms with Crippen molar-refractivity contribution in [2.75, 3.05) is 26.4 Å². The Morgan fingerprint density at radius 3 is 2.58 bits per heavy atom. The Balaban J connectivity index is 0. The maximum absolute atomic E-state index is 8.31. The molecule has 0 atom stereocenters. The lowest BCUT2D eigenvalue weighted by Crippen LogP contribution is -2.14. The maximum atomic E-state index is 8.31. The van der Waals surface area contributed by atoms with E-state index in [1.54, 1.807) is 0 Å². The van der Waals surface area contributed by atoms with Crippen LogP contribution in [0.4, 0.5) is 0 Å². The van der Waals surface area contributed by atoms with Gasteiger partial charge >= 0.3 is 0 Å². The minimum absolute atomic E-state index is 0.101. The minimum atomic E-state index is 0.101. The molecule has 0 amide bonds. The maximum Gasteiger partial charge on any atom is 0.0698 e. The predicted octanol–water partition coefficient (Wildman–Crippen LogP) is -1.06. The Bertz CT molecular complexity index is 88.7. The molecule has 0 aliphatic heterocycles. The smallest absolute Gasteiger partial charge is 0.0698 e. The van der Waals surface area contributed by atoms with Crippen molar-refractivity contribution in [3.05, 3.63) is 12.3 Å². The number of hydrogen-bond acceptors (Lipinski definition) is 5. The zero-order valence-corrected chi connectivity index (χ0v) is 7.49. The number of aliphatic hydroxyl groups is 1. The highest BCUT2D eigenvalue weighted by atomic mass is 16.5. The van der Waals surface area contributed by atoms with Crippen LogP contribution >= 0.6 is 0 Å². The van der Waals surface area contributed by atoms with Crippen LogP contribution in [-0.2, 0) is 4.74 Å². The fourth-order valence-electron chi connectivity index (χ4n) is 0.499. The number of hydrazine groups is 1. The van der Waals surface area contributed by atoms with E-state index in [-0.39, 0.29) is 6.61 Å². The van der Waals surface area contributed by atoms with E-state index in [9.17, 15) is 0 Å². The Morgan fingerprint density at radius 2 is 2.08 bits per heavy atom. The van der Waals surface area contributed by atoms with Gasteiger partial charge in [-0.15, -0.1) is 0 Å². The zero-order chi connectivity index (χ0) is 9.66. The molecule has 5 heteroatoms. The molecule has 0 unspecified atom stereocenters. The molecule has 0 saturated carbocycles. The monoisotopic (exact) mass is 177 g/mol. The molecule has 12 heavy (non-hydrogen) atoms. The van der Waals surface area contributed by atoms with Gasteiger partial charge in [-0.25, -0.2) is 0 Å². The van der Waals surface area contributed by atoms with E-state index in [0.717, 1.165) is 6.54 Å². The van der Waals surface area contributed by atoms with Gasteiger partial charge in [-0.1, -0.05) is 6.08 Å². The second kappa shape index (κ2) is 16.8. The average Bonchev–Trinajstić information content (AvgIpc) is 2.15. The number of allylic oxidation sites excluding steroid dienone is 1. The van der Waals surface area contributed by atoms with E-state index in [1.165, 1.54) is 0 Å². The minimum Gasteiger partial charge on any atom is -0.394 e. The first-order valence-corrected chi connectivity index (χ1v) is 3.78. The second-order valence-corrected chi connectivity index (χ2v) is 1.79. The lowest BCUT2D eigenvalue weighted by molar-refractivity contribution is 0.0953. The largest absolute Gasteiger partial charge is 0.394 e. The molecule has 0 bridgehead atoms. The van der Waals surface area contributed by atoms with E-state index < -0.39 is 0 Å². The molecule has 74 valence electrons. The summed E-state index contributed by atoms with van der Waals surface area (Å²) in [6.45, 7) is 3.91. The summed E-state index contributed by atoms with van der Waals surface area (Å²) in [5, 5.41) is 11.3. The Hall–Kier alpha value is -0.620. The summed E-state index contributed by atoms with van der Waals surface area (Å²) in [5.74, 6) is 8.00. The molecule has 0 saturated heterocycles. The third-order valence-corrected chi connectivity index (χ3v) is 0.911. The van der Waals surface area contributed by atoms with Crippen molar-refractivity contribution >= 4 is 0 Å². The summed E-state index contributed by atoms with van der Waals surface area (Å²) in [6, 6.07) is 0. The topological polar surface area (TPSA) is 93.5 Å². The second-order valence-electron chi connectivity index (χ2n) is 1.79. The van der Waals surface area contributed by atoms with Crippen molar-refractivity contribution < 1.29 is 9.84 Å². The first-order chi connectivity index (χ1) is 5.91. The first kappa shape index (κ1) is 13.9. The van der Waals surface area contributed by atoms with Gasteiger partial charge in [0.05, 0.1) is 19.8 Å². The van der Waals surface area contributed by atoms with Crippen LogP contribution in [0.25, 0.3) is 0 Å². The molecular weight excluding hydrogens is 158 g/mol. The molecule has 0 aromatic carbocycles. The van der Waals surface area contributed by atoms with E-state index in [0.29, 0.717) is 13.2 Å². The normalized spacial score (nSPS) is 9.33. The number of ether oxygens (including phenoxy) is 1. The highest BCUT2D eigenvalue weighted by Crippen LogP contribution is 1.71. The van der Waals surface area contributed by atoms with Gasteiger partial charge in [0.15, 0.2) is 0 Å². The lowest BCUT2D eigenvalue weighted by atomic mass is 10.6. The molecule has 0 aromatic rings. The van der Waals surface area contributed by atoms with Gasteiger partial charge in [-0.3, -0.25) is 11.7 Å². The van der Waals surface area contributed by atoms with Crippen LogP contribution in [-0.4, -0.2) is 31.5 Å². The zero-order valence-electron chi connectivity index (χ0n) is 7.49. The van der Waals surface area contributed by atoms with E-state index in [2.05, 4.69) is 17.0 Å². The van der Waals surface area contributed by atoms with Crippen molar-refractivity contribution in [3.8, 4) is 0 Å². The van der Waals surface area contributed by atoms with E-state index >= 15 is 0 Å². The Labute approximate surface area is 73.4 Å². The summed E-state index contributed by atoms with van der Waals surface area (Å²) in [4.78, 5) is 0. The molecule has 0 spiro atoms. The van der Waals surface area contributed by atoms with Crippen molar-refractivity contribution in [1.29, 1.82) is 0 Å². The van der Waals surface area contributed by atoms with Crippen LogP contribution in [0.1, 0.15) is 6.92 Å². The van der Waals surface area contributed by atoms with Crippen molar-refractivity contribution in [3.63, 3.8) is 0 Å². The third kappa shape index (κ3) is 16.2. The van der Waals surface area contributed by atoms with Crippen molar-refractivity contribution in [1.82, 2.24) is 5.32 Å². The Morgan fingerprint density at radius 1 is 1.42 bits per heavy atom. The van der Waals surface area contributed by atoms with Gasteiger partial charge in [0.25, 0.3) is 0 Å². The van der Waals surface area contributed by atoms with Crippen LogP contribution in [0.3, 0.4) is 0 Å². The van der Waals surface area contributed by atoms with Gasteiger partial charge in [0.1, 0.15) is 0 Å². The number of nitrogens with two attached hydrogens (primary N) is 2. The van der Waals surface area contributed by atoms with Crippen LogP contribution in [0.15, 0.2) is 12.3 Å². The summed E-state index contributed by atoms with van der Waals surface area (Å²) in [5.41, 5.74) is 0. The number of aliphatic hydroxyl groups excluding tert-OH is 1. The molecule has 5 nitrogen and oxygen atoms in total. The van der Waals surface area contributed by atoms with Crippen LogP contribution in [0.2, 0.25) is 0 Å². The summed E-state index contributed by atoms with van der Waals surface area (Å²) in [6.07, 6.45) is 3.79. The molecule has 0 radical (unpaired) electrons. The van der Waals surface area contributed by atoms with Gasteiger partial charge in [-0.05, 0) is 13.1 Å². The van der Waals surface area contributed by atoms with E-state index in [1.807, 2.05) is 19.2 Å². The highest BCUT2D eigenvalue weighted by molar-refractivity contribution is 4.73. The fraction of sp³-hybridized carbons (Fsp3) is 0.714. The average molecular weight is 177 g/mol. The van der Waals surface area contributed by atoms with Gasteiger partial charge in [0, 0.05) is 6.54 Å². The molecule has 0 heterocycles. The molecule has 6 N–H and O–H groups in total. The Kier molecular flexibility index (Phi) is 19.5. The van der Waals surface area contributed by atoms with Crippen LogP contribution < -0.4 is 17.0 Å². The standard InChI is InChI=1S/C7H15NO2.H4N2/c1-2-3-8-4-6-10-7-5-9;1-2/h2-3,8-9H,4-7H2,1H3;1-2H2. The summed E-state index contributed by atoms with van der Waals surface area (Å²) >= 11 is 0. The molecule has 0 aliphatic carbocycles. The fourth-order valence-corrected chi connectivity index (χ4v) is 0.499. The van der Waals surface area contributed by atoms with Crippen LogP contribution in [0, 0.1) is 0 Å². The predicted molar refractivity (Wildman–Crippen MR) is 49.1 cm³/mol. The van der Waals surface area contributed by atoms with E-state index in [4.69, 9.17) is 9.84 Å². The van der Waals surface area contributed by atoms with Crippen LogP contribution in [0.5, 0.6) is 0 Å². The number of nitrogens with one attached hydrogen (secondary N) is 1. The third-order valence-electron chi connectivity index (χ3n) is 0.911. The number of rotatable bonds is 6. The van der Waals surface area contributed by atoms with Gasteiger partial charge < -0.3 is 15.2 Å². The first-order valence-electron chi connectivity index (χ1n) is 3.78. The molecule has 0 fully saturated rings. The van der Waals surface area contributed by atoms with Gasteiger partial charge in [-0.2, -0.15) is 0 Å². The lowest BCUT2D eigenvalue weighted by Gasteiger charge is -2.00. The molecule has 0 aromatic heterocycles. The molecule has 0 aliphatic rings. The molecule has 0 rings (SSSR count). The summed E-state index contributed by atoms with van der Waals surface area (Å²) in [7, 11) is 0. The summed E-state index contributed by atoms with van der Waals surface area (Å²) < 4.78 is 4.98. The molecular formula is C7H19N3O2. The van der Waals surface area contributed by atoms with Crippen molar-refractivity contribution in [2.24, 2.45) is 11.7 Å². The number of hydrogen-bond donors (Lipinski definition) is 4. The highest BCUT2D eigenvalue weighted by Gasteiger charge is 1.82.